The van der Waals surface area contributed by atoms with Crippen LogP contribution in [0, 0.1) is 0 Å². The Morgan fingerprint density at radius 1 is 1.17 bits per heavy atom. The van der Waals surface area contributed by atoms with Gasteiger partial charge < -0.3 is 14.4 Å². The van der Waals surface area contributed by atoms with E-state index in [1.54, 1.807) is 43.0 Å². The van der Waals surface area contributed by atoms with Crippen LogP contribution in [0.25, 0.3) is 0 Å². The Hall–Kier alpha value is -2.68. The van der Waals surface area contributed by atoms with Crippen molar-refractivity contribution in [2.24, 2.45) is 0 Å². The molecular formula is C21H27N3O5S. The summed E-state index contributed by atoms with van der Waals surface area (Å²) in [5.41, 5.74) is 0.779. The third kappa shape index (κ3) is 5.08. The maximum Gasteiger partial charge on any atom is 0.278 e. The van der Waals surface area contributed by atoms with Gasteiger partial charge in [0.2, 0.25) is 5.91 Å². The van der Waals surface area contributed by atoms with E-state index in [0.717, 1.165) is 18.4 Å². The summed E-state index contributed by atoms with van der Waals surface area (Å²) in [7, 11) is -1.81. The summed E-state index contributed by atoms with van der Waals surface area (Å²) in [6.07, 6.45) is 4.72. The number of hydrogen-bond acceptors (Lipinski definition) is 7. The normalized spacial score (nSPS) is 17.1. The molecule has 0 aliphatic carbocycles. The number of sulfone groups is 1. The molecule has 3 rings (SSSR count). The minimum atomic E-state index is -3.32. The molecule has 1 fully saturated rings. The summed E-state index contributed by atoms with van der Waals surface area (Å²) in [5, 5.41) is -0.483. The predicted octanol–water partition coefficient (Wildman–Crippen LogP) is 2.28. The van der Waals surface area contributed by atoms with Gasteiger partial charge in [0, 0.05) is 18.9 Å². The number of carbonyl (C=O) groups is 1. The quantitative estimate of drug-likeness (QED) is 0.660. The summed E-state index contributed by atoms with van der Waals surface area (Å²) < 4.78 is 35.6. The average molecular weight is 434 g/mol. The van der Waals surface area contributed by atoms with Gasteiger partial charge in [0.05, 0.1) is 30.2 Å². The first-order valence-electron chi connectivity index (χ1n) is 9.93. The van der Waals surface area contributed by atoms with Crippen molar-refractivity contribution in [1.29, 1.82) is 0 Å². The lowest BCUT2D eigenvalue weighted by Crippen LogP contribution is -2.45. The molecule has 2 heterocycles. The average Bonchev–Trinajstić information content (AvgIpc) is 2.74. The molecule has 0 bridgehead atoms. The van der Waals surface area contributed by atoms with Crippen LogP contribution in [0.3, 0.4) is 0 Å². The van der Waals surface area contributed by atoms with Gasteiger partial charge in [0.15, 0.2) is 9.84 Å². The van der Waals surface area contributed by atoms with Gasteiger partial charge in [-0.2, -0.15) is 0 Å². The molecule has 1 aromatic heterocycles. The van der Waals surface area contributed by atoms with E-state index in [9.17, 15) is 13.2 Å². The van der Waals surface area contributed by atoms with Crippen LogP contribution in [0.5, 0.6) is 11.8 Å². The second kappa shape index (κ2) is 9.42. The van der Waals surface area contributed by atoms with Crippen molar-refractivity contribution >= 4 is 15.7 Å². The predicted molar refractivity (Wildman–Crippen MR) is 111 cm³/mol. The molecule has 1 aromatic carbocycles. The Morgan fingerprint density at radius 3 is 2.47 bits per heavy atom. The highest BCUT2D eigenvalue weighted by atomic mass is 32.2. The molecule has 1 saturated heterocycles. The van der Waals surface area contributed by atoms with Crippen LogP contribution >= 0.6 is 0 Å². The number of benzene rings is 1. The zero-order chi connectivity index (χ0) is 21.7. The highest BCUT2D eigenvalue weighted by Gasteiger charge is 2.26. The molecular weight excluding hydrogens is 406 g/mol. The van der Waals surface area contributed by atoms with Crippen molar-refractivity contribution < 1.29 is 22.7 Å². The number of methoxy groups -OCH3 is 1. The summed E-state index contributed by atoms with van der Waals surface area (Å²) in [6, 6.07) is 6.55. The van der Waals surface area contributed by atoms with E-state index in [-0.39, 0.29) is 23.3 Å². The third-order valence-corrected chi connectivity index (χ3v) is 7.23. The van der Waals surface area contributed by atoms with E-state index >= 15 is 0 Å². The zero-order valence-corrected chi connectivity index (χ0v) is 18.3. The molecule has 0 radical (unpaired) electrons. The molecule has 1 unspecified atom stereocenters. The lowest BCUT2D eigenvalue weighted by Gasteiger charge is -2.32. The molecule has 0 saturated carbocycles. The SMILES string of the molecule is COc1nccnc1OC1CCCN(C(=O)Cc2ccc(S(=O)(=O)C(C)C)cc2)C1. The molecule has 0 spiro atoms. The molecule has 1 aliphatic heterocycles. The van der Waals surface area contributed by atoms with Crippen LogP contribution in [0.15, 0.2) is 41.6 Å². The number of nitrogens with zero attached hydrogens (tertiary/aromatic N) is 3. The van der Waals surface area contributed by atoms with Crippen LogP contribution < -0.4 is 9.47 Å². The largest absolute Gasteiger partial charge is 0.477 e. The second-order valence-corrected chi connectivity index (χ2v) is 10.0. The summed E-state index contributed by atoms with van der Waals surface area (Å²) >= 11 is 0. The molecule has 9 heteroatoms. The maximum atomic E-state index is 12.8. The molecule has 2 aromatic rings. The van der Waals surface area contributed by atoms with Crippen molar-refractivity contribution in [1.82, 2.24) is 14.9 Å². The number of aromatic nitrogens is 2. The van der Waals surface area contributed by atoms with Gasteiger partial charge in [-0.05, 0) is 44.4 Å². The summed E-state index contributed by atoms with van der Waals surface area (Å²) in [4.78, 5) is 23.1. The summed E-state index contributed by atoms with van der Waals surface area (Å²) in [6.45, 7) is 4.42. The number of likely N-dealkylation sites (tertiary alicyclic amines) is 1. The fourth-order valence-corrected chi connectivity index (χ4v) is 4.37. The number of ether oxygens (including phenoxy) is 2. The van der Waals surface area contributed by atoms with E-state index in [2.05, 4.69) is 9.97 Å². The van der Waals surface area contributed by atoms with Gasteiger partial charge >= 0.3 is 0 Å². The van der Waals surface area contributed by atoms with E-state index < -0.39 is 15.1 Å². The van der Waals surface area contributed by atoms with Gasteiger partial charge in [-0.15, -0.1) is 0 Å². The fourth-order valence-electron chi connectivity index (χ4n) is 3.31. The standard InChI is InChI=1S/C21H27N3O5S/c1-15(2)30(26,27)18-8-6-16(7-9-18)13-19(25)24-12-4-5-17(14-24)29-21-20(28-3)22-10-11-23-21/h6-11,15,17H,4-5,12-14H2,1-3H3. The molecule has 0 N–H and O–H groups in total. The minimum absolute atomic E-state index is 0.0196. The van der Waals surface area contributed by atoms with Gasteiger partial charge in [-0.1, -0.05) is 12.1 Å². The molecule has 162 valence electrons. The molecule has 1 aliphatic rings. The number of rotatable bonds is 7. The summed E-state index contributed by atoms with van der Waals surface area (Å²) in [5.74, 6) is 0.618. The maximum absolute atomic E-state index is 12.8. The highest BCUT2D eigenvalue weighted by molar-refractivity contribution is 7.92. The van der Waals surface area contributed by atoms with Crippen LogP contribution in [0.1, 0.15) is 32.3 Å². The Balaban J connectivity index is 1.61. The highest BCUT2D eigenvalue weighted by Crippen LogP contribution is 2.24. The number of carbonyl (C=O) groups excluding carboxylic acids is 1. The molecule has 1 atom stereocenters. The Bertz CT molecular complexity index is 976. The Morgan fingerprint density at radius 2 is 1.83 bits per heavy atom. The van der Waals surface area contributed by atoms with Crippen molar-refractivity contribution in [3.05, 3.63) is 42.2 Å². The fraction of sp³-hybridized carbons (Fsp3) is 0.476. The van der Waals surface area contributed by atoms with Crippen molar-refractivity contribution in [3.63, 3.8) is 0 Å². The van der Waals surface area contributed by atoms with Crippen molar-refractivity contribution in [2.75, 3.05) is 20.2 Å². The van der Waals surface area contributed by atoms with E-state index in [4.69, 9.17) is 9.47 Å². The van der Waals surface area contributed by atoms with Gasteiger partial charge in [0.25, 0.3) is 11.8 Å². The van der Waals surface area contributed by atoms with Crippen LogP contribution in [0.4, 0.5) is 0 Å². The van der Waals surface area contributed by atoms with E-state index in [1.165, 1.54) is 19.5 Å². The van der Waals surface area contributed by atoms with Gasteiger partial charge in [-0.25, -0.2) is 18.4 Å². The lowest BCUT2D eigenvalue weighted by atomic mass is 10.1. The van der Waals surface area contributed by atoms with Crippen molar-refractivity contribution in [3.8, 4) is 11.8 Å². The monoisotopic (exact) mass is 433 g/mol. The van der Waals surface area contributed by atoms with Crippen LogP contribution in [-0.2, 0) is 21.1 Å². The van der Waals surface area contributed by atoms with Crippen molar-refractivity contribution in [2.45, 2.75) is 49.4 Å². The Kier molecular flexibility index (Phi) is 6.91. The molecule has 30 heavy (non-hydrogen) atoms. The van der Waals surface area contributed by atoms with Crippen LogP contribution in [0.2, 0.25) is 0 Å². The number of hydrogen-bond donors (Lipinski definition) is 0. The first kappa shape index (κ1) is 22.0. The molecule has 1 amide bonds. The second-order valence-electron chi connectivity index (χ2n) is 7.51. The smallest absolute Gasteiger partial charge is 0.278 e. The third-order valence-electron chi connectivity index (χ3n) is 5.06. The molecule has 8 nitrogen and oxygen atoms in total. The Labute approximate surface area is 177 Å². The van der Waals surface area contributed by atoms with Gasteiger partial charge in [0.1, 0.15) is 6.10 Å². The number of piperidine rings is 1. The van der Waals surface area contributed by atoms with E-state index in [1.807, 2.05) is 0 Å². The van der Waals surface area contributed by atoms with E-state index in [0.29, 0.717) is 24.8 Å². The van der Waals surface area contributed by atoms with Gasteiger partial charge in [-0.3, -0.25) is 4.79 Å². The zero-order valence-electron chi connectivity index (χ0n) is 17.4. The topological polar surface area (TPSA) is 98.7 Å². The first-order valence-corrected chi connectivity index (χ1v) is 11.5. The number of amides is 1. The lowest BCUT2D eigenvalue weighted by molar-refractivity contribution is -0.133. The van der Waals surface area contributed by atoms with Crippen LogP contribution in [-0.4, -0.2) is 60.7 Å². The minimum Gasteiger partial charge on any atom is -0.477 e. The first-order chi connectivity index (χ1) is 14.3.